The number of isocyanates is 1. The van der Waals surface area contributed by atoms with E-state index in [0.717, 1.165) is 24.8 Å². The lowest BCUT2D eigenvalue weighted by atomic mass is 9.72. The van der Waals surface area contributed by atoms with Crippen molar-refractivity contribution in [3.8, 4) is 17.2 Å². The fraction of sp³-hybridized carbons (Fsp3) is 0.462. The van der Waals surface area contributed by atoms with Crippen LogP contribution in [-0.4, -0.2) is 20.0 Å². The zero-order valence-electron chi connectivity index (χ0n) is 10.4. The lowest BCUT2D eigenvalue weighted by molar-refractivity contribution is 0.173. The van der Waals surface area contributed by atoms with Gasteiger partial charge in [0.15, 0.2) is 11.5 Å². The fourth-order valence-corrected chi connectivity index (χ4v) is 3.26. The molecule has 0 atom stereocenters. The number of hydrogen-bond acceptors (Lipinski definition) is 5. The maximum Gasteiger partial charge on any atom is 0.235 e. The van der Waals surface area contributed by atoms with Crippen molar-refractivity contribution in [3.05, 3.63) is 16.1 Å². The molecule has 1 aliphatic carbocycles. The first-order valence-corrected chi connectivity index (χ1v) is 6.77. The van der Waals surface area contributed by atoms with E-state index in [1.54, 1.807) is 13.2 Å². The molecule has 0 N–H and O–H groups in total. The second kappa shape index (κ2) is 4.54. The van der Waals surface area contributed by atoms with E-state index >= 15 is 0 Å². The van der Waals surface area contributed by atoms with Gasteiger partial charge in [-0.25, -0.2) is 4.79 Å². The minimum absolute atomic E-state index is 0.185. The second-order valence-corrected chi connectivity index (χ2v) is 5.39. The molecule has 5 nitrogen and oxygen atoms in total. The van der Waals surface area contributed by atoms with Crippen LogP contribution in [-0.2, 0) is 10.3 Å². The molecule has 0 spiro atoms. The fourth-order valence-electron chi connectivity index (χ4n) is 2.57. The van der Waals surface area contributed by atoms with Crippen LogP contribution in [0.15, 0.2) is 15.5 Å². The Kier molecular flexibility index (Phi) is 2.99. The number of rotatable bonds is 3. The number of ether oxygens (including phenoxy) is 3. The molecular weight excluding hydrogens is 314 g/mol. The molecule has 3 rings (SSSR count). The molecule has 0 amide bonds. The van der Waals surface area contributed by atoms with E-state index in [1.165, 1.54) is 0 Å². The minimum atomic E-state index is -0.531. The maximum absolute atomic E-state index is 10.7. The van der Waals surface area contributed by atoms with Crippen molar-refractivity contribution >= 4 is 22.0 Å². The van der Waals surface area contributed by atoms with Crippen molar-refractivity contribution in [1.29, 1.82) is 0 Å². The van der Waals surface area contributed by atoms with E-state index in [9.17, 15) is 4.79 Å². The molecule has 2 aliphatic rings. The van der Waals surface area contributed by atoms with Gasteiger partial charge in [0.1, 0.15) is 15.8 Å². The first-order chi connectivity index (χ1) is 9.22. The molecule has 0 radical (unpaired) electrons. The van der Waals surface area contributed by atoms with Gasteiger partial charge in [-0.05, 0) is 41.3 Å². The number of benzene rings is 1. The van der Waals surface area contributed by atoms with Gasteiger partial charge in [-0.1, -0.05) is 0 Å². The molecule has 1 fully saturated rings. The van der Waals surface area contributed by atoms with Gasteiger partial charge in [-0.15, -0.1) is 0 Å². The highest BCUT2D eigenvalue weighted by molar-refractivity contribution is 9.10. The Hall–Kier alpha value is -1.52. The zero-order valence-corrected chi connectivity index (χ0v) is 11.9. The van der Waals surface area contributed by atoms with Crippen LogP contribution in [0.25, 0.3) is 0 Å². The van der Waals surface area contributed by atoms with Gasteiger partial charge >= 0.3 is 0 Å². The summed E-state index contributed by atoms with van der Waals surface area (Å²) in [4.78, 5) is 14.7. The van der Waals surface area contributed by atoms with E-state index in [-0.39, 0.29) is 6.79 Å². The average molecular weight is 326 g/mol. The van der Waals surface area contributed by atoms with Gasteiger partial charge in [-0.2, -0.15) is 4.99 Å². The summed E-state index contributed by atoms with van der Waals surface area (Å²) in [6.07, 6.45) is 4.33. The van der Waals surface area contributed by atoms with E-state index < -0.39 is 5.54 Å². The Labute approximate surface area is 118 Å². The van der Waals surface area contributed by atoms with Crippen molar-refractivity contribution in [2.24, 2.45) is 4.99 Å². The summed E-state index contributed by atoms with van der Waals surface area (Å²) >= 11 is 3.47. The normalized spacial score (nSPS) is 18.4. The third-order valence-corrected chi connectivity index (χ3v) is 4.43. The standard InChI is InChI=1S/C13H12BrNO4/c1-17-11-8(13(15-6-16)3-2-4-13)5-9-12(10(11)14)19-7-18-9/h5H,2-4,7H2,1H3. The van der Waals surface area contributed by atoms with Gasteiger partial charge in [0.25, 0.3) is 0 Å². The minimum Gasteiger partial charge on any atom is -0.495 e. The van der Waals surface area contributed by atoms with Crippen LogP contribution >= 0.6 is 15.9 Å². The summed E-state index contributed by atoms with van der Waals surface area (Å²) in [5, 5.41) is 0. The van der Waals surface area contributed by atoms with Gasteiger partial charge in [0.05, 0.1) is 7.11 Å². The van der Waals surface area contributed by atoms with Crippen LogP contribution in [0.3, 0.4) is 0 Å². The average Bonchev–Trinajstić information content (AvgIpc) is 2.82. The van der Waals surface area contributed by atoms with Crippen molar-refractivity contribution in [3.63, 3.8) is 0 Å². The number of halogens is 1. The highest BCUT2D eigenvalue weighted by Gasteiger charge is 2.43. The van der Waals surface area contributed by atoms with Crippen LogP contribution in [0.4, 0.5) is 0 Å². The van der Waals surface area contributed by atoms with E-state index in [2.05, 4.69) is 20.9 Å². The van der Waals surface area contributed by atoms with E-state index in [0.29, 0.717) is 21.7 Å². The molecule has 0 saturated heterocycles. The molecule has 19 heavy (non-hydrogen) atoms. The highest BCUT2D eigenvalue weighted by atomic mass is 79.9. The Morgan fingerprint density at radius 3 is 2.84 bits per heavy atom. The number of nitrogens with zero attached hydrogens (tertiary/aromatic N) is 1. The molecule has 1 saturated carbocycles. The van der Waals surface area contributed by atoms with Crippen LogP contribution < -0.4 is 14.2 Å². The molecule has 6 heteroatoms. The van der Waals surface area contributed by atoms with Crippen molar-refractivity contribution in [1.82, 2.24) is 0 Å². The summed E-state index contributed by atoms with van der Waals surface area (Å²) in [6, 6.07) is 1.85. The van der Waals surface area contributed by atoms with Gasteiger partial charge in [-0.3, -0.25) is 0 Å². The Morgan fingerprint density at radius 2 is 2.26 bits per heavy atom. The highest BCUT2D eigenvalue weighted by Crippen LogP contribution is 2.55. The molecule has 1 heterocycles. The van der Waals surface area contributed by atoms with E-state index in [1.807, 2.05) is 6.07 Å². The molecule has 1 aromatic rings. The largest absolute Gasteiger partial charge is 0.495 e. The summed E-state index contributed by atoms with van der Waals surface area (Å²) in [6.45, 7) is 0.185. The molecule has 100 valence electrons. The number of hydrogen-bond donors (Lipinski definition) is 0. The Balaban J connectivity index is 2.20. The summed E-state index contributed by atoms with van der Waals surface area (Å²) < 4.78 is 17.0. The number of carbonyl (C=O) groups excluding carboxylic acids is 1. The van der Waals surface area contributed by atoms with Crippen LogP contribution in [0.1, 0.15) is 24.8 Å². The van der Waals surface area contributed by atoms with Crippen LogP contribution in [0.2, 0.25) is 0 Å². The predicted molar refractivity (Wildman–Crippen MR) is 70.5 cm³/mol. The van der Waals surface area contributed by atoms with E-state index in [4.69, 9.17) is 14.2 Å². The number of fused-ring (bicyclic) bond motifs is 1. The lowest BCUT2D eigenvalue weighted by Crippen LogP contribution is -2.32. The molecule has 1 aromatic carbocycles. The molecule has 0 aromatic heterocycles. The Morgan fingerprint density at radius 1 is 1.47 bits per heavy atom. The Bertz CT molecular complexity index is 576. The number of methoxy groups -OCH3 is 1. The third kappa shape index (κ3) is 1.75. The quantitative estimate of drug-likeness (QED) is 0.633. The summed E-state index contributed by atoms with van der Waals surface area (Å²) in [7, 11) is 1.59. The molecule has 0 unspecified atom stereocenters. The first-order valence-electron chi connectivity index (χ1n) is 5.97. The monoisotopic (exact) mass is 325 g/mol. The second-order valence-electron chi connectivity index (χ2n) is 4.59. The van der Waals surface area contributed by atoms with Gasteiger partial charge < -0.3 is 14.2 Å². The van der Waals surface area contributed by atoms with Crippen LogP contribution in [0, 0.1) is 0 Å². The smallest absolute Gasteiger partial charge is 0.235 e. The SMILES string of the molecule is COc1c(C2(N=C=O)CCC2)cc2c(c1Br)OCO2. The van der Waals surface area contributed by atoms with Crippen LogP contribution in [0.5, 0.6) is 17.2 Å². The zero-order chi connectivity index (χ0) is 13.5. The number of aliphatic imine (C=N–C) groups is 1. The summed E-state index contributed by atoms with van der Waals surface area (Å²) in [5.41, 5.74) is 0.317. The van der Waals surface area contributed by atoms with Crippen molar-refractivity contribution in [2.75, 3.05) is 13.9 Å². The maximum atomic E-state index is 10.7. The lowest BCUT2D eigenvalue weighted by Gasteiger charge is -2.38. The van der Waals surface area contributed by atoms with Gasteiger partial charge in [0.2, 0.25) is 12.9 Å². The third-order valence-electron chi connectivity index (χ3n) is 3.71. The van der Waals surface area contributed by atoms with Crippen molar-refractivity contribution < 1.29 is 19.0 Å². The molecular formula is C13H12BrNO4. The molecule has 1 aliphatic heterocycles. The van der Waals surface area contributed by atoms with Gasteiger partial charge in [0, 0.05) is 5.56 Å². The summed E-state index contributed by atoms with van der Waals surface area (Å²) in [5.74, 6) is 1.92. The molecule has 0 bridgehead atoms. The predicted octanol–water partition coefficient (Wildman–Crippen LogP) is 2.90. The topological polar surface area (TPSA) is 57.1 Å². The van der Waals surface area contributed by atoms with Crippen molar-refractivity contribution in [2.45, 2.75) is 24.8 Å². The first kappa shape index (κ1) is 12.5.